The molecule has 1 saturated heterocycles. The van der Waals surface area contributed by atoms with E-state index in [9.17, 15) is 14.4 Å². The Kier molecular flexibility index (Phi) is 8.97. The van der Waals surface area contributed by atoms with Gasteiger partial charge in [-0.05, 0) is 90.3 Å². The van der Waals surface area contributed by atoms with E-state index in [4.69, 9.17) is 21.1 Å². The second-order valence-electron chi connectivity index (χ2n) is 8.96. The van der Waals surface area contributed by atoms with Crippen LogP contribution in [-0.2, 0) is 4.79 Å². The summed E-state index contributed by atoms with van der Waals surface area (Å²) >= 11 is 10.1. The van der Waals surface area contributed by atoms with Crippen molar-refractivity contribution in [3.63, 3.8) is 0 Å². The summed E-state index contributed by atoms with van der Waals surface area (Å²) in [7, 11) is 0. The number of carbonyl (C=O) groups is 3. The van der Waals surface area contributed by atoms with E-state index in [-0.39, 0.29) is 35.0 Å². The van der Waals surface area contributed by atoms with Crippen LogP contribution in [0.15, 0.2) is 70.0 Å². The molecule has 0 radical (unpaired) electrons. The highest BCUT2D eigenvalue weighted by atomic mass is 79.9. The van der Waals surface area contributed by atoms with Crippen molar-refractivity contribution in [1.29, 1.82) is 0 Å². The molecule has 1 heterocycles. The lowest BCUT2D eigenvalue weighted by Crippen LogP contribution is -2.32. The number of rotatable bonds is 8. The van der Waals surface area contributed by atoms with E-state index in [1.54, 1.807) is 48.5 Å². The number of ether oxygens (including phenoxy) is 2. The van der Waals surface area contributed by atoms with Crippen molar-refractivity contribution in [1.82, 2.24) is 4.90 Å². The van der Waals surface area contributed by atoms with Crippen LogP contribution >= 0.6 is 39.3 Å². The second kappa shape index (κ2) is 12.2. The lowest BCUT2D eigenvalue weighted by atomic mass is 10.0. The van der Waals surface area contributed by atoms with E-state index in [0.29, 0.717) is 16.1 Å². The summed E-state index contributed by atoms with van der Waals surface area (Å²) in [5, 5.41) is 0.124. The fourth-order valence-electron chi connectivity index (χ4n) is 3.79. The molecule has 3 aromatic carbocycles. The molecule has 196 valence electrons. The first-order chi connectivity index (χ1) is 18.1. The van der Waals surface area contributed by atoms with E-state index < -0.39 is 11.9 Å². The van der Waals surface area contributed by atoms with E-state index in [2.05, 4.69) is 29.8 Å². The molecule has 0 atom stereocenters. The summed E-state index contributed by atoms with van der Waals surface area (Å²) in [6.07, 6.45) is 1.55. The monoisotopic (exact) mass is 613 g/mol. The molecule has 0 aromatic heterocycles. The van der Waals surface area contributed by atoms with Crippen molar-refractivity contribution >= 4 is 62.5 Å². The number of amides is 2. The normalized spacial score (nSPS) is 14.5. The zero-order chi connectivity index (χ0) is 27.4. The number of thioether (sulfide) groups is 1. The number of esters is 1. The molecular formula is C29H25BrClNO5S. The average molecular weight is 615 g/mol. The topological polar surface area (TPSA) is 72.9 Å². The number of carbonyl (C=O) groups excluding carboxylic acids is 3. The van der Waals surface area contributed by atoms with Crippen LogP contribution in [0.5, 0.6) is 11.5 Å². The third-order valence-electron chi connectivity index (χ3n) is 5.78. The highest BCUT2D eigenvalue weighted by Gasteiger charge is 2.35. The zero-order valence-electron chi connectivity index (χ0n) is 21.0. The van der Waals surface area contributed by atoms with E-state index in [1.165, 1.54) is 4.90 Å². The SMILES string of the molecule is Cc1ccc(C(C)C)c(OCCN2C(=O)S/C(=C\c3cc(Br)ccc3OC(=O)c3ccc(Cl)cc3)C2=O)c1. The van der Waals surface area contributed by atoms with Crippen molar-refractivity contribution in [2.75, 3.05) is 13.2 Å². The molecule has 3 aromatic rings. The molecule has 1 aliphatic heterocycles. The van der Waals surface area contributed by atoms with Gasteiger partial charge in [0.25, 0.3) is 11.1 Å². The maximum absolute atomic E-state index is 13.1. The van der Waals surface area contributed by atoms with E-state index in [0.717, 1.165) is 33.1 Å². The van der Waals surface area contributed by atoms with Crippen LogP contribution in [-0.4, -0.2) is 35.2 Å². The Morgan fingerprint density at radius 2 is 1.79 bits per heavy atom. The van der Waals surface area contributed by atoms with Crippen molar-refractivity contribution in [3.05, 3.63) is 97.3 Å². The van der Waals surface area contributed by atoms with Crippen LogP contribution in [0, 0.1) is 6.92 Å². The molecule has 6 nitrogen and oxygen atoms in total. The summed E-state index contributed by atoms with van der Waals surface area (Å²) in [6, 6.07) is 17.4. The maximum Gasteiger partial charge on any atom is 0.343 e. The summed E-state index contributed by atoms with van der Waals surface area (Å²) in [6.45, 7) is 6.45. The van der Waals surface area contributed by atoms with E-state index in [1.807, 2.05) is 25.1 Å². The molecule has 0 bridgehead atoms. The molecule has 0 spiro atoms. The van der Waals surface area contributed by atoms with Crippen LogP contribution in [0.25, 0.3) is 6.08 Å². The van der Waals surface area contributed by atoms with Crippen molar-refractivity contribution < 1.29 is 23.9 Å². The first-order valence-electron chi connectivity index (χ1n) is 11.9. The fraction of sp³-hybridized carbons (Fsp3) is 0.207. The highest BCUT2D eigenvalue weighted by molar-refractivity contribution is 9.10. The minimum Gasteiger partial charge on any atom is -0.491 e. The van der Waals surface area contributed by atoms with Gasteiger partial charge in [0.1, 0.15) is 18.1 Å². The molecule has 0 unspecified atom stereocenters. The van der Waals surface area contributed by atoms with Gasteiger partial charge in [-0.1, -0.05) is 53.5 Å². The van der Waals surface area contributed by atoms with Crippen LogP contribution in [0.2, 0.25) is 5.02 Å². The molecule has 4 rings (SSSR count). The molecule has 9 heteroatoms. The average Bonchev–Trinajstić information content (AvgIpc) is 3.13. The first kappa shape index (κ1) is 28.0. The van der Waals surface area contributed by atoms with Gasteiger partial charge in [0.2, 0.25) is 0 Å². The number of nitrogens with zero attached hydrogens (tertiary/aromatic N) is 1. The largest absolute Gasteiger partial charge is 0.491 e. The Balaban J connectivity index is 1.48. The Hall–Kier alpha value is -3.07. The van der Waals surface area contributed by atoms with Gasteiger partial charge in [-0.15, -0.1) is 0 Å². The Bertz CT molecular complexity index is 1420. The van der Waals surface area contributed by atoms with Gasteiger partial charge in [0, 0.05) is 15.1 Å². The second-order valence-corrected chi connectivity index (χ2v) is 11.3. The van der Waals surface area contributed by atoms with Gasteiger partial charge in [-0.2, -0.15) is 0 Å². The molecule has 2 amide bonds. The number of hydrogen-bond acceptors (Lipinski definition) is 6. The highest BCUT2D eigenvalue weighted by Crippen LogP contribution is 2.35. The molecular weight excluding hydrogens is 590 g/mol. The quantitative estimate of drug-likeness (QED) is 0.146. The van der Waals surface area contributed by atoms with Gasteiger partial charge < -0.3 is 9.47 Å². The summed E-state index contributed by atoms with van der Waals surface area (Å²) in [5.74, 6) is 0.291. The zero-order valence-corrected chi connectivity index (χ0v) is 24.2. The number of hydrogen-bond donors (Lipinski definition) is 0. The molecule has 1 fully saturated rings. The van der Waals surface area contributed by atoms with Gasteiger partial charge in [-0.3, -0.25) is 14.5 Å². The standard InChI is InChI=1S/C29H25BrClNO5S/c1-17(2)23-10-4-18(3)14-25(23)36-13-12-32-27(33)26(38-29(32)35)16-20-15-21(30)7-11-24(20)37-28(34)19-5-8-22(31)9-6-19/h4-11,14-17H,12-13H2,1-3H3/b26-16-. The van der Waals surface area contributed by atoms with Gasteiger partial charge in [-0.25, -0.2) is 4.79 Å². The minimum atomic E-state index is -0.569. The predicted octanol–water partition coefficient (Wildman–Crippen LogP) is 7.87. The Labute approximate surface area is 239 Å². The summed E-state index contributed by atoms with van der Waals surface area (Å²) in [5.41, 5.74) is 2.95. The fourth-order valence-corrected chi connectivity index (χ4v) is 5.15. The molecule has 0 saturated carbocycles. The maximum atomic E-state index is 13.1. The Morgan fingerprint density at radius 1 is 1.05 bits per heavy atom. The number of benzene rings is 3. The molecule has 0 N–H and O–H groups in total. The van der Waals surface area contributed by atoms with Crippen molar-refractivity contribution in [3.8, 4) is 11.5 Å². The lowest BCUT2D eigenvalue weighted by molar-refractivity contribution is -0.123. The van der Waals surface area contributed by atoms with Gasteiger partial charge in [0.05, 0.1) is 17.0 Å². The lowest BCUT2D eigenvalue weighted by Gasteiger charge is -2.17. The van der Waals surface area contributed by atoms with Crippen molar-refractivity contribution in [2.24, 2.45) is 0 Å². The summed E-state index contributed by atoms with van der Waals surface area (Å²) < 4.78 is 12.3. The Morgan fingerprint density at radius 3 is 2.50 bits per heavy atom. The molecule has 38 heavy (non-hydrogen) atoms. The molecule has 0 aliphatic carbocycles. The van der Waals surface area contributed by atoms with Crippen LogP contribution in [0.1, 0.15) is 46.8 Å². The van der Waals surface area contributed by atoms with E-state index >= 15 is 0 Å². The third kappa shape index (κ3) is 6.67. The van der Waals surface area contributed by atoms with Crippen LogP contribution < -0.4 is 9.47 Å². The number of imide groups is 1. The summed E-state index contributed by atoms with van der Waals surface area (Å²) in [4.78, 5) is 39.8. The van der Waals surface area contributed by atoms with Crippen LogP contribution in [0.3, 0.4) is 0 Å². The first-order valence-corrected chi connectivity index (χ1v) is 13.9. The van der Waals surface area contributed by atoms with Crippen molar-refractivity contribution in [2.45, 2.75) is 26.7 Å². The van der Waals surface area contributed by atoms with Gasteiger partial charge >= 0.3 is 5.97 Å². The minimum absolute atomic E-state index is 0.115. The number of halogens is 2. The van der Waals surface area contributed by atoms with Crippen LogP contribution in [0.4, 0.5) is 4.79 Å². The smallest absolute Gasteiger partial charge is 0.343 e. The number of aryl methyl sites for hydroxylation is 1. The molecule has 1 aliphatic rings. The third-order valence-corrected chi connectivity index (χ3v) is 7.43. The predicted molar refractivity (Wildman–Crippen MR) is 154 cm³/mol. The van der Waals surface area contributed by atoms with Gasteiger partial charge in [0.15, 0.2) is 0 Å².